The monoisotopic (exact) mass is 482 g/mol. The van der Waals surface area contributed by atoms with Gasteiger partial charge in [-0.05, 0) is 37.1 Å². The summed E-state index contributed by atoms with van der Waals surface area (Å²) in [4.78, 5) is 23.5. The molecule has 6 nitrogen and oxygen atoms in total. The van der Waals surface area contributed by atoms with Gasteiger partial charge in [-0.3, -0.25) is 9.59 Å². The molecule has 1 aliphatic rings. The van der Waals surface area contributed by atoms with Gasteiger partial charge >= 0.3 is 12.1 Å². The Morgan fingerprint density at radius 3 is 2.58 bits per heavy atom. The molecule has 0 atom stereocenters. The van der Waals surface area contributed by atoms with Crippen molar-refractivity contribution in [1.82, 2.24) is 0 Å². The van der Waals surface area contributed by atoms with Gasteiger partial charge in [-0.2, -0.15) is 13.2 Å². The third-order valence-corrected chi connectivity index (χ3v) is 5.72. The number of para-hydroxylation sites is 1. The average Bonchev–Trinajstić information content (AvgIpc) is 2.72. The summed E-state index contributed by atoms with van der Waals surface area (Å²) in [5, 5.41) is 8.14. The highest BCUT2D eigenvalue weighted by atomic mass is 35.5. The van der Waals surface area contributed by atoms with Gasteiger partial charge in [-0.25, -0.2) is 0 Å². The second kappa shape index (κ2) is 9.07. The van der Waals surface area contributed by atoms with Crippen LogP contribution in [0.15, 0.2) is 51.7 Å². The number of carboxylic acids is 1. The van der Waals surface area contributed by atoms with E-state index in [0.29, 0.717) is 24.2 Å². The lowest BCUT2D eigenvalue weighted by Gasteiger charge is -2.32. The van der Waals surface area contributed by atoms with E-state index in [-0.39, 0.29) is 41.6 Å². The van der Waals surface area contributed by atoms with Crippen LogP contribution in [0.4, 0.5) is 13.2 Å². The molecule has 174 valence electrons. The van der Waals surface area contributed by atoms with Crippen LogP contribution in [0.5, 0.6) is 5.75 Å². The van der Waals surface area contributed by atoms with Crippen molar-refractivity contribution in [2.75, 3.05) is 13.2 Å². The number of rotatable bonds is 7. The molecule has 1 N–H and O–H groups in total. The molecule has 4 rings (SSSR count). The van der Waals surface area contributed by atoms with E-state index in [4.69, 9.17) is 30.6 Å². The lowest BCUT2D eigenvalue weighted by molar-refractivity contribution is -0.151. The molecular formula is C23H18ClF3O6. The van der Waals surface area contributed by atoms with Crippen LogP contribution in [0.2, 0.25) is 5.02 Å². The van der Waals surface area contributed by atoms with Gasteiger partial charge in [-0.1, -0.05) is 23.7 Å². The number of fused-ring (bicyclic) bond motifs is 1. The fourth-order valence-corrected chi connectivity index (χ4v) is 3.86. The summed E-state index contributed by atoms with van der Waals surface area (Å²) in [6.07, 6.45) is -3.97. The van der Waals surface area contributed by atoms with Gasteiger partial charge in [0.15, 0.2) is 11.0 Å². The minimum atomic E-state index is -4.75. The summed E-state index contributed by atoms with van der Waals surface area (Å²) >= 11 is 6.05. The molecule has 10 heteroatoms. The number of carbonyl (C=O) groups is 1. The highest BCUT2D eigenvalue weighted by Gasteiger charge is 2.35. The molecule has 2 aromatic carbocycles. The van der Waals surface area contributed by atoms with Crippen LogP contribution >= 0.6 is 11.6 Å². The zero-order valence-corrected chi connectivity index (χ0v) is 17.8. The first-order valence-electron chi connectivity index (χ1n) is 10.1. The van der Waals surface area contributed by atoms with E-state index in [9.17, 15) is 22.8 Å². The van der Waals surface area contributed by atoms with E-state index in [1.165, 1.54) is 0 Å². The second-order valence-corrected chi connectivity index (χ2v) is 8.02. The van der Waals surface area contributed by atoms with Gasteiger partial charge in [0.2, 0.25) is 0 Å². The van der Waals surface area contributed by atoms with Crippen LogP contribution in [-0.4, -0.2) is 30.4 Å². The largest absolute Gasteiger partial charge is 0.490 e. The summed E-state index contributed by atoms with van der Waals surface area (Å²) in [7, 11) is 0. The van der Waals surface area contributed by atoms with Crippen molar-refractivity contribution in [3.8, 4) is 17.1 Å². The Hall–Kier alpha value is -3.04. The zero-order valence-electron chi connectivity index (χ0n) is 17.0. The minimum Gasteiger partial charge on any atom is -0.490 e. The van der Waals surface area contributed by atoms with Crippen molar-refractivity contribution < 1.29 is 37.0 Å². The van der Waals surface area contributed by atoms with Crippen LogP contribution in [0.3, 0.4) is 0 Å². The van der Waals surface area contributed by atoms with Crippen molar-refractivity contribution in [3.05, 3.63) is 63.3 Å². The maximum Gasteiger partial charge on any atom is 0.417 e. The second-order valence-electron chi connectivity index (χ2n) is 7.62. The standard InChI is InChI=1S/C23H18ClF3O6/c24-16-6-5-15(23(25,26)27)20-17(28)11-19(33-21(16)20)14-3-1-2-4-18(14)32-8-7-31-13-9-12(10-13)22(29)30/h1-6,11-13H,7-10H2,(H,29,30). The zero-order chi connectivity index (χ0) is 23.8. The van der Waals surface area contributed by atoms with E-state index >= 15 is 0 Å². The van der Waals surface area contributed by atoms with Crippen LogP contribution in [0, 0.1) is 5.92 Å². The number of halogens is 4. The third kappa shape index (κ3) is 4.84. The predicted octanol–water partition coefficient (Wildman–Crippen LogP) is 5.39. The first kappa shape index (κ1) is 23.1. The molecule has 0 aliphatic heterocycles. The smallest absolute Gasteiger partial charge is 0.417 e. The Labute approximate surface area is 190 Å². The highest BCUT2D eigenvalue weighted by molar-refractivity contribution is 6.34. The summed E-state index contributed by atoms with van der Waals surface area (Å²) < 4.78 is 57.0. The molecule has 0 unspecified atom stereocenters. The fourth-order valence-electron chi connectivity index (χ4n) is 3.67. The maximum absolute atomic E-state index is 13.4. The van der Waals surface area contributed by atoms with Crippen LogP contribution < -0.4 is 10.2 Å². The normalized spacial score (nSPS) is 18.2. The number of hydrogen-bond acceptors (Lipinski definition) is 5. The molecular weight excluding hydrogens is 465 g/mol. The summed E-state index contributed by atoms with van der Waals surface area (Å²) in [6, 6.07) is 9.34. The first-order valence-corrected chi connectivity index (χ1v) is 10.4. The Bertz CT molecular complexity index is 1250. The number of ether oxygens (including phenoxy) is 2. The Morgan fingerprint density at radius 1 is 1.15 bits per heavy atom. The van der Waals surface area contributed by atoms with Crippen molar-refractivity contribution in [2.45, 2.75) is 25.1 Å². The lowest BCUT2D eigenvalue weighted by atomic mass is 9.82. The Balaban J connectivity index is 1.55. The number of aliphatic carboxylic acids is 1. The molecule has 0 spiro atoms. The van der Waals surface area contributed by atoms with Crippen LogP contribution in [0.1, 0.15) is 18.4 Å². The van der Waals surface area contributed by atoms with Gasteiger partial charge < -0.3 is 19.0 Å². The van der Waals surface area contributed by atoms with Crippen molar-refractivity contribution in [1.29, 1.82) is 0 Å². The van der Waals surface area contributed by atoms with Crippen LogP contribution in [-0.2, 0) is 15.7 Å². The topological polar surface area (TPSA) is 86.0 Å². The van der Waals surface area contributed by atoms with Gasteiger partial charge in [0.1, 0.15) is 18.1 Å². The molecule has 1 fully saturated rings. The number of carboxylic acid groups (broad SMARTS) is 1. The molecule has 0 saturated heterocycles. The van der Waals surface area contributed by atoms with E-state index in [2.05, 4.69) is 0 Å². The molecule has 1 saturated carbocycles. The molecule has 3 aromatic rings. The quantitative estimate of drug-likeness (QED) is 0.454. The number of hydrogen-bond donors (Lipinski definition) is 1. The van der Waals surface area contributed by atoms with E-state index in [0.717, 1.165) is 18.2 Å². The van der Waals surface area contributed by atoms with Crippen molar-refractivity contribution in [3.63, 3.8) is 0 Å². The molecule has 0 amide bonds. The van der Waals surface area contributed by atoms with E-state index < -0.39 is 28.5 Å². The van der Waals surface area contributed by atoms with Crippen molar-refractivity contribution >= 4 is 28.5 Å². The SMILES string of the molecule is O=C(O)C1CC(OCCOc2ccccc2-c2cc(=O)c3c(C(F)(F)F)ccc(Cl)c3o2)C1. The van der Waals surface area contributed by atoms with Gasteiger partial charge in [-0.15, -0.1) is 0 Å². The molecule has 1 aromatic heterocycles. The summed E-state index contributed by atoms with van der Waals surface area (Å²) in [5.74, 6) is -0.867. The lowest BCUT2D eigenvalue weighted by Crippen LogP contribution is -2.37. The third-order valence-electron chi connectivity index (χ3n) is 5.43. The molecule has 1 aliphatic carbocycles. The van der Waals surface area contributed by atoms with Crippen LogP contribution in [0.25, 0.3) is 22.3 Å². The minimum absolute atomic E-state index is 0.00790. The molecule has 0 radical (unpaired) electrons. The van der Waals surface area contributed by atoms with Gasteiger partial charge in [0, 0.05) is 6.07 Å². The number of benzene rings is 2. The molecule has 1 heterocycles. The fraction of sp³-hybridized carbons (Fsp3) is 0.304. The Morgan fingerprint density at radius 2 is 1.88 bits per heavy atom. The maximum atomic E-state index is 13.4. The average molecular weight is 483 g/mol. The molecule has 0 bridgehead atoms. The predicted molar refractivity (Wildman–Crippen MR) is 114 cm³/mol. The van der Waals surface area contributed by atoms with Gasteiger partial charge in [0.25, 0.3) is 0 Å². The van der Waals surface area contributed by atoms with E-state index in [1.807, 2.05) is 0 Å². The van der Waals surface area contributed by atoms with Gasteiger partial charge in [0.05, 0.1) is 40.2 Å². The highest BCUT2D eigenvalue weighted by Crippen LogP contribution is 2.38. The van der Waals surface area contributed by atoms with E-state index in [1.54, 1.807) is 24.3 Å². The first-order chi connectivity index (χ1) is 15.6. The van der Waals surface area contributed by atoms with Crippen molar-refractivity contribution in [2.24, 2.45) is 5.92 Å². The number of alkyl halides is 3. The Kier molecular flexibility index (Phi) is 6.36. The summed E-state index contributed by atoms with van der Waals surface area (Å²) in [5.41, 5.74) is -1.99. The molecule has 33 heavy (non-hydrogen) atoms. The summed E-state index contributed by atoms with van der Waals surface area (Å²) in [6.45, 7) is 0.357.